The molecule has 6 heterocycles. The van der Waals surface area contributed by atoms with E-state index in [2.05, 4.69) is 49.3 Å². The molecule has 0 radical (unpaired) electrons. The second kappa shape index (κ2) is 15.4. The van der Waals surface area contributed by atoms with E-state index < -0.39 is 0 Å². The van der Waals surface area contributed by atoms with Crippen LogP contribution in [0.2, 0.25) is 0 Å². The van der Waals surface area contributed by atoms with Crippen molar-refractivity contribution in [3.8, 4) is 22.6 Å². The van der Waals surface area contributed by atoms with Crippen LogP contribution in [-0.4, -0.2) is 103 Å². The summed E-state index contributed by atoms with van der Waals surface area (Å²) in [6.07, 6.45) is 9.52. The van der Waals surface area contributed by atoms with Crippen molar-refractivity contribution in [1.29, 1.82) is 0 Å². The van der Waals surface area contributed by atoms with Gasteiger partial charge in [0.1, 0.15) is 11.5 Å². The highest BCUT2D eigenvalue weighted by Gasteiger charge is 2.47. The molecule has 0 saturated carbocycles. The molecule has 55 heavy (non-hydrogen) atoms. The zero-order chi connectivity index (χ0) is 38.3. The number of rotatable bonds is 10. The quantitative estimate of drug-likeness (QED) is 0.310. The van der Waals surface area contributed by atoms with E-state index >= 15 is 0 Å². The van der Waals surface area contributed by atoms with Gasteiger partial charge >= 0.3 is 0 Å². The lowest BCUT2D eigenvalue weighted by molar-refractivity contribution is -0.148. The summed E-state index contributed by atoms with van der Waals surface area (Å²) in [6.45, 7) is 7.02. The smallest absolute Gasteiger partial charge is 0.256 e. The lowest BCUT2D eigenvalue weighted by Gasteiger charge is -2.54. The Labute approximate surface area is 322 Å². The van der Waals surface area contributed by atoms with Crippen LogP contribution in [-0.2, 0) is 40.9 Å². The minimum Gasteiger partial charge on any atom is -0.496 e. The standard InChI is InChI=1S/C43H52N6O6/c1-46-23-35(33-21-44-22-34(33)42(46)53)32-19-37(54-2)36(38(20-32)55-3)24-48-16-12-43(13-17-48)26-49(27-43)40(51)25-47-14-10-30(11-15-47)29-6-4-28(5-7-29)18-31-8-9-39(50)45-41(31)52/h4-7,19-21,23,30-31H,8-18,22,24-27H2,1-3H3,(H,45,50,52). The molecule has 5 aliphatic rings. The molecule has 3 amide bonds. The van der Waals surface area contributed by atoms with Gasteiger partial charge in [0.05, 0.1) is 32.9 Å². The van der Waals surface area contributed by atoms with Crippen LogP contribution in [0.1, 0.15) is 72.3 Å². The number of amides is 3. The van der Waals surface area contributed by atoms with E-state index in [9.17, 15) is 19.2 Å². The number of hydrogen-bond acceptors (Lipinski definition) is 9. The van der Waals surface area contributed by atoms with Gasteiger partial charge in [-0.2, -0.15) is 0 Å². The van der Waals surface area contributed by atoms with Crippen molar-refractivity contribution in [2.24, 2.45) is 23.4 Å². The largest absolute Gasteiger partial charge is 0.496 e. The maximum atomic E-state index is 13.4. The highest BCUT2D eigenvalue weighted by Crippen LogP contribution is 2.43. The van der Waals surface area contributed by atoms with Crippen LogP contribution in [0.3, 0.4) is 0 Å². The highest BCUT2D eigenvalue weighted by molar-refractivity contribution is 5.98. The van der Waals surface area contributed by atoms with Crippen molar-refractivity contribution >= 4 is 23.9 Å². The van der Waals surface area contributed by atoms with Gasteiger partial charge in [-0.05, 0) is 99.4 Å². The molecule has 5 aliphatic heterocycles. The van der Waals surface area contributed by atoms with Gasteiger partial charge in [0, 0.05) is 73.5 Å². The summed E-state index contributed by atoms with van der Waals surface area (Å²) < 4.78 is 13.5. The number of carbonyl (C=O) groups is 3. The number of piperidine rings is 3. The molecule has 4 saturated heterocycles. The Balaban J connectivity index is 0.800. The molecule has 290 valence electrons. The first-order valence-corrected chi connectivity index (χ1v) is 19.7. The maximum Gasteiger partial charge on any atom is 0.256 e. The zero-order valence-corrected chi connectivity index (χ0v) is 32.3. The number of ether oxygens (including phenoxy) is 2. The maximum absolute atomic E-state index is 13.4. The third-order valence-electron chi connectivity index (χ3n) is 12.8. The summed E-state index contributed by atoms with van der Waals surface area (Å²) >= 11 is 0. The molecule has 1 spiro atoms. The Morgan fingerprint density at radius 3 is 2.27 bits per heavy atom. The van der Waals surface area contributed by atoms with E-state index in [4.69, 9.17) is 9.47 Å². The van der Waals surface area contributed by atoms with E-state index in [1.165, 1.54) is 5.56 Å². The fourth-order valence-electron chi connectivity index (χ4n) is 9.39. The van der Waals surface area contributed by atoms with E-state index in [1.54, 1.807) is 32.0 Å². The Morgan fingerprint density at radius 1 is 0.927 bits per heavy atom. The minimum atomic E-state index is -0.172. The number of carbonyl (C=O) groups excluding carboxylic acids is 3. The third-order valence-corrected chi connectivity index (χ3v) is 12.8. The molecule has 1 N–H and O–H groups in total. The molecule has 12 nitrogen and oxygen atoms in total. The van der Waals surface area contributed by atoms with Crippen LogP contribution < -0.4 is 20.3 Å². The predicted octanol–water partition coefficient (Wildman–Crippen LogP) is 3.90. The fraction of sp³-hybridized carbons (Fsp3) is 0.512. The first-order chi connectivity index (χ1) is 26.6. The van der Waals surface area contributed by atoms with Gasteiger partial charge in [0.15, 0.2) is 0 Å². The number of aryl methyl sites for hydroxylation is 1. The van der Waals surface area contributed by atoms with Gasteiger partial charge < -0.3 is 18.9 Å². The van der Waals surface area contributed by atoms with E-state index in [0.29, 0.717) is 50.4 Å². The highest BCUT2D eigenvalue weighted by atomic mass is 16.5. The molecular weight excluding hydrogens is 697 g/mol. The summed E-state index contributed by atoms with van der Waals surface area (Å²) in [5, 5.41) is 2.46. The molecule has 4 fully saturated rings. The van der Waals surface area contributed by atoms with Crippen molar-refractivity contribution in [1.82, 2.24) is 24.6 Å². The zero-order valence-electron chi connectivity index (χ0n) is 32.3. The SMILES string of the molecule is COc1cc(-c2cn(C)c(=O)c3c2C=NC3)cc(OC)c1CN1CCC2(CC1)CN(C(=O)CN1CCC(c3ccc(CC4CCC(=O)NC4=O)cc3)CC1)C2. The van der Waals surface area contributed by atoms with Crippen LogP contribution in [0.25, 0.3) is 11.1 Å². The molecular formula is C43H52N6O6. The average molecular weight is 749 g/mol. The van der Waals surface area contributed by atoms with Crippen molar-refractivity contribution in [2.75, 3.05) is 60.0 Å². The van der Waals surface area contributed by atoms with Crippen LogP contribution in [0.5, 0.6) is 11.5 Å². The van der Waals surface area contributed by atoms with Gasteiger partial charge in [-0.25, -0.2) is 0 Å². The number of likely N-dealkylation sites (tertiary alicyclic amines) is 3. The van der Waals surface area contributed by atoms with Crippen LogP contribution in [0.15, 0.2) is 52.4 Å². The predicted molar refractivity (Wildman–Crippen MR) is 209 cm³/mol. The number of imide groups is 1. The van der Waals surface area contributed by atoms with E-state index in [-0.39, 0.29) is 34.6 Å². The van der Waals surface area contributed by atoms with Gasteiger partial charge in [0.25, 0.3) is 5.56 Å². The monoisotopic (exact) mass is 748 g/mol. The van der Waals surface area contributed by atoms with Crippen molar-refractivity contribution in [2.45, 2.75) is 64.0 Å². The van der Waals surface area contributed by atoms with Crippen molar-refractivity contribution in [3.63, 3.8) is 0 Å². The summed E-state index contributed by atoms with van der Waals surface area (Å²) in [6, 6.07) is 12.7. The van der Waals surface area contributed by atoms with Crippen molar-refractivity contribution in [3.05, 3.63) is 80.8 Å². The lowest BCUT2D eigenvalue weighted by atomic mass is 9.72. The van der Waals surface area contributed by atoms with Gasteiger partial charge in [-0.15, -0.1) is 0 Å². The number of fused-ring (bicyclic) bond motifs is 1. The summed E-state index contributed by atoms with van der Waals surface area (Å²) in [7, 11) is 5.15. The molecule has 8 rings (SSSR count). The summed E-state index contributed by atoms with van der Waals surface area (Å²) in [4.78, 5) is 60.9. The van der Waals surface area contributed by atoms with Gasteiger partial charge in [0.2, 0.25) is 17.7 Å². The van der Waals surface area contributed by atoms with Crippen molar-refractivity contribution < 1.29 is 23.9 Å². The lowest BCUT2D eigenvalue weighted by Crippen LogP contribution is -2.63. The first kappa shape index (κ1) is 37.1. The average Bonchev–Trinajstić information content (AvgIpc) is 3.68. The number of aromatic nitrogens is 1. The topological polar surface area (TPSA) is 126 Å². The molecule has 0 aliphatic carbocycles. The molecule has 1 aromatic heterocycles. The second-order valence-electron chi connectivity index (χ2n) is 16.4. The summed E-state index contributed by atoms with van der Waals surface area (Å²) in [5.41, 5.74) is 7.08. The number of aliphatic imine (C=N–C) groups is 1. The fourth-order valence-corrected chi connectivity index (χ4v) is 9.39. The summed E-state index contributed by atoms with van der Waals surface area (Å²) in [5.74, 6) is 1.78. The Kier molecular flexibility index (Phi) is 10.4. The number of pyridine rings is 1. The number of nitrogens with one attached hydrogen (secondary N) is 1. The minimum absolute atomic E-state index is 0.0179. The van der Waals surface area contributed by atoms with E-state index in [1.807, 2.05) is 18.3 Å². The Bertz CT molecular complexity index is 2030. The first-order valence-electron chi connectivity index (χ1n) is 19.7. The third kappa shape index (κ3) is 7.58. The molecule has 3 aromatic rings. The molecule has 1 unspecified atom stereocenters. The molecule has 0 bridgehead atoms. The van der Waals surface area contributed by atoms with Crippen LogP contribution in [0, 0.1) is 11.3 Å². The number of methoxy groups -OCH3 is 2. The van der Waals surface area contributed by atoms with E-state index in [0.717, 1.165) is 104 Å². The van der Waals surface area contributed by atoms with Gasteiger partial charge in [-0.1, -0.05) is 24.3 Å². The number of benzene rings is 2. The normalized spacial score (nSPS) is 21.4. The number of nitrogens with zero attached hydrogens (tertiary/aromatic N) is 5. The van der Waals surface area contributed by atoms with Crippen LogP contribution in [0.4, 0.5) is 0 Å². The second-order valence-corrected chi connectivity index (χ2v) is 16.4. The van der Waals surface area contributed by atoms with Gasteiger partial charge in [-0.3, -0.25) is 39.3 Å². The number of hydrogen-bond donors (Lipinski definition) is 1. The molecule has 12 heteroatoms. The Morgan fingerprint density at radius 2 is 1.62 bits per heavy atom. The Hall–Kier alpha value is -4.81. The van der Waals surface area contributed by atoms with Crippen LogP contribution >= 0.6 is 0 Å². The molecule has 1 atom stereocenters. The molecule has 2 aromatic carbocycles.